The molecule has 0 aromatic carbocycles. The lowest BCUT2D eigenvalue weighted by molar-refractivity contribution is -0.141. The predicted octanol–water partition coefficient (Wildman–Crippen LogP) is 2.66. The molecule has 1 N–H and O–H groups in total. The van der Waals surface area contributed by atoms with Crippen LogP contribution < -0.4 is 0 Å². The minimum absolute atomic E-state index is 0.0198. The van der Waals surface area contributed by atoms with Gasteiger partial charge in [0.1, 0.15) is 5.69 Å². The third-order valence-electron chi connectivity index (χ3n) is 2.23. The Morgan fingerprint density at radius 2 is 1.88 bits per heavy atom. The summed E-state index contributed by atoms with van der Waals surface area (Å²) in [4.78, 5) is 3.36. The second-order valence-electron chi connectivity index (χ2n) is 4.55. The van der Waals surface area contributed by atoms with Gasteiger partial charge in [0.05, 0.1) is 0 Å². The summed E-state index contributed by atoms with van der Waals surface area (Å²) in [6.07, 6.45) is -2.69. The highest BCUT2D eigenvalue weighted by molar-refractivity contribution is 5.17. The van der Waals surface area contributed by atoms with Crippen LogP contribution in [0.2, 0.25) is 0 Å². The molecule has 0 saturated heterocycles. The van der Waals surface area contributed by atoms with Crippen molar-refractivity contribution in [1.29, 1.82) is 0 Å². The largest absolute Gasteiger partial charge is 0.433 e. The molecule has 0 amide bonds. The number of hydrogen-bond acceptors (Lipinski definition) is 2. The van der Waals surface area contributed by atoms with E-state index in [4.69, 9.17) is 5.11 Å². The van der Waals surface area contributed by atoms with Gasteiger partial charge >= 0.3 is 6.18 Å². The van der Waals surface area contributed by atoms with E-state index in [0.717, 1.165) is 6.07 Å². The van der Waals surface area contributed by atoms with Gasteiger partial charge < -0.3 is 5.11 Å². The van der Waals surface area contributed by atoms with Crippen LogP contribution in [-0.4, -0.2) is 16.7 Å². The third kappa shape index (κ3) is 3.48. The number of pyridine rings is 1. The second-order valence-corrected chi connectivity index (χ2v) is 4.55. The van der Waals surface area contributed by atoms with Gasteiger partial charge in [0, 0.05) is 12.8 Å². The van der Waals surface area contributed by atoms with Crippen LogP contribution in [0.15, 0.2) is 18.3 Å². The van der Waals surface area contributed by atoms with E-state index in [2.05, 4.69) is 4.98 Å². The lowest BCUT2D eigenvalue weighted by Gasteiger charge is -2.21. The van der Waals surface area contributed by atoms with Crippen LogP contribution in [-0.2, 0) is 12.6 Å². The summed E-state index contributed by atoms with van der Waals surface area (Å²) < 4.78 is 36.7. The van der Waals surface area contributed by atoms with Crippen molar-refractivity contribution < 1.29 is 18.3 Å². The Morgan fingerprint density at radius 1 is 1.25 bits per heavy atom. The number of halogens is 3. The predicted molar refractivity (Wildman–Crippen MR) is 53.8 cm³/mol. The van der Waals surface area contributed by atoms with Crippen LogP contribution in [0, 0.1) is 5.41 Å². The van der Waals surface area contributed by atoms with Crippen molar-refractivity contribution >= 4 is 0 Å². The molecule has 90 valence electrons. The smallest absolute Gasteiger partial charge is 0.396 e. The Morgan fingerprint density at radius 3 is 2.25 bits per heavy atom. The quantitative estimate of drug-likeness (QED) is 0.870. The maximum Gasteiger partial charge on any atom is 0.433 e. The molecule has 5 heteroatoms. The van der Waals surface area contributed by atoms with Gasteiger partial charge in [0.2, 0.25) is 0 Å². The maximum absolute atomic E-state index is 12.2. The van der Waals surface area contributed by atoms with E-state index in [9.17, 15) is 13.2 Å². The fraction of sp³-hybridized carbons (Fsp3) is 0.545. The molecule has 1 heterocycles. The number of aliphatic hydroxyl groups excluding tert-OH is 1. The molecular weight excluding hydrogens is 219 g/mol. The second kappa shape index (κ2) is 4.41. The van der Waals surface area contributed by atoms with Crippen LogP contribution in [0.5, 0.6) is 0 Å². The van der Waals surface area contributed by atoms with Crippen molar-refractivity contribution in [2.24, 2.45) is 5.41 Å². The summed E-state index contributed by atoms with van der Waals surface area (Å²) in [6, 6.07) is 2.36. The van der Waals surface area contributed by atoms with Crippen LogP contribution in [0.1, 0.15) is 25.1 Å². The number of nitrogens with zero attached hydrogens (tertiary/aromatic N) is 1. The summed E-state index contributed by atoms with van der Waals surface area (Å²) in [7, 11) is 0. The van der Waals surface area contributed by atoms with Crippen LogP contribution in [0.4, 0.5) is 13.2 Å². The van der Waals surface area contributed by atoms with E-state index in [1.807, 2.05) is 13.8 Å². The molecule has 2 nitrogen and oxygen atoms in total. The summed E-state index contributed by atoms with van der Waals surface area (Å²) in [5.41, 5.74) is -0.549. The first kappa shape index (κ1) is 13.0. The Balaban J connectivity index is 2.80. The number of aromatic nitrogens is 1. The highest BCUT2D eigenvalue weighted by atomic mass is 19.4. The molecule has 0 fully saturated rings. The van der Waals surface area contributed by atoms with Crippen molar-refractivity contribution in [2.75, 3.05) is 6.61 Å². The first-order valence-electron chi connectivity index (χ1n) is 4.87. The Bertz CT molecular complexity index is 343. The molecule has 0 aliphatic heterocycles. The highest BCUT2D eigenvalue weighted by Gasteiger charge is 2.32. The monoisotopic (exact) mass is 233 g/mol. The minimum Gasteiger partial charge on any atom is -0.396 e. The summed E-state index contributed by atoms with van der Waals surface area (Å²) >= 11 is 0. The van der Waals surface area contributed by atoms with E-state index >= 15 is 0 Å². The highest BCUT2D eigenvalue weighted by Crippen LogP contribution is 2.28. The fourth-order valence-electron chi connectivity index (χ4n) is 1.31. The molecule has 0 radical (unpaired) electrons. The molecule has 0 aliphatic rings. The first-order chi connectivity index (χ1) is 7.24. The standard InChI is InChI=1S/C11H14F3NO/c1-10(2,7-16)5-8-3-4-9(15-6-8)11(12,13)14/h3-4,6,16H,5,7H2,1-2H3. The molecular formula is C11H14F3NO. The summed E-state index contributed by atoms with van der Waals surface area (Å²) in [5, 5.41) is 9.04. The van der Waals surface area contributed by atoms with E-state index in [1.54, 1.807) is 0 Å². The summed E-state index contributed by atoms with van der Waals surface area (Å²) in [5.74, 6) is 0. The fourth-order valence-corrected chi connectivity index (χ4v) is 1.31. The Hall–Kier alpha value is -1.10. The zero-order valence-electron chi connectivity index (χ0n) is 9.17. The van der Waals surface area contributed by atoms with E-state index in [1.165, 1.54) is 12.3 Å². The average Bonchev–Trinajstić information content (AvgIpc) is 2.16. The number of alkyl halides is 3. The average molecular weight is 233 g/mol. The van der Waals surface area contributed by atoms with Crippen molar-refractivity contribution in [3.8, 4) is 0 Å². The molecule has 16 heavy (non-hydrogen) atoms. The minimum atomic E-state index is -4.40. The van der Waals surface area contributed by atoms with E-state index in [0.29, 0.717) is 12.0 Å². The zero-order valence-corrected chi connectivity index (χ0v) is 9.17. The van der Waals surface area contributed by atoms with Crippen LogP contribution in [0.25, 0.3) is 0 Å². The molecule has 0 bridgehead atoms. The summed E-state index contributed by atoms with van der Waals surface area (Å²) in [6.45, 7) is 3.66. The molecule has 0 atom stereocenters. The van der Waals surface area contributed by atoms with Gasteiger partial charge in [0.25, 0.3) is 0 Å². The van der Waals surface area contributed by atoms with Gasteiger partial charge in [-0.2, -0.15) is 13.2 Å². The van der Waals surface area contributed by atoms with Gasteiger partial charge in [0.15, 0.2) is 0 Å². The zero-order chi connectivity index (χ0) is 12.4. The van der Waals surface area contributed by atoms with Crippen LogP contribution in [0.3, 0.4) is 0 Å². The van der Waals surface area contributed by atoms with Gasteiger partial charge in [-0.25, -0.2) is 0 Å². The molecule has 1 aromatic heterocycles. The van der Waals surface area contributed by atoms with Crippen molar-refractivity contribution in [1.82, 2.24) is 4.98 Å². The number of rotatable bonds is 3. The van der Waals surface area contributed by atoms with E-state index < -0.39 is 11.9 Å². The topological polar surface area (TPSA) is 33.1 Å². The first-order valence-corrected chi connectivity index (χ1v) is 4.87. The molecule has 0 spiro atoms. The van der Waals surface area contributed by atoms with Crippen molar-refractivity contribution in [3.63, 3.8) is 0 Å². The third-order valence-corrected chi connectivity index (χ3v) is 2.23. The van der Waals surface area contributed by atoms with Crippen molar-refractivity contribution in [2.45, 2.75) is 26.4 Å². The lowest BCUT2D eigenvalue weighted by Crippen LogP contribution is -2.20. The van der Waals surface area contributed by atoms with Crippen molar-refractivity contribution in [3.05, 3.63) is 29.6 Å². The normalized spacial score (nSPS) is 12.9. The van der Waals surface area contributed by atoms with Gasteiger partial charge in [-0.05, 0) is 23.5 Å². The number of aliphatic hydroxyl groups is 1. The van der Waals surface area contributed by atoms with Gasteiger partial charge in [-0.3, -0.25) is 4.98 Å². The molecule has 1 aromatic rings. The van der Waals surface area contributed by atoms with Gasteiger partial charge in [-0.1, -0.05) is 19.9 Å². The lowest BCUT2D eigenvalue weighted by atomic mass is 9.87. The SMILES string of the molecule is CC(C)(CO)Cc1ccc(C(F)(F)F)nc1. The van der Waals surface area contributed by atoms with Gasteiger partial charge in [-0.15, -0.1) is 0 Å². The Kier molecular flexibility index (Phi) is 3.57. The molecule has 0 aliphatic carbocycles. The van der Waals surface area contributed by atoms with Crippen LogP contribution >= 0.6 is 0 Å². The van der Waals surface area contributed by atoms with E-state index in [-0.39, 0.29) is 12.0 Å². The maximum atomic E-state index is 12.2. The molecule has 0 unspecified atom stereocenters. The Labute approximate surface area is 92.1 Å². The molecule has 0 saturated carbocycles. The molecule has 1 rings (SSSR count). The number of hydrogen-bond donors (Lipinski definition) is 1.